The first-order valence-electron chi connectivity index (χ1n) is 8.60. The van der Waals surface area contributed by atoms with Crippen LogP contribution in [0, 0.1) is 6.92 Å². The molecule has 0 saturated carbocycles. The zero-order valence-corrected chi connectivity index (χ0v) is 17.8. The average molecular weight is 425 g/mol. The molecule has 2 aromatic carbocycles. The minimum absolute atomic E-state index is 0.215. The molecule has 0 aliphatic carbocycles. The lowest BCUT2D eigenvalue weighted by atomic mass is 10.0. The van der Waals surface area contributed by atoms with Crippen molar-refractivity contribution in [3.8, 4) is 0 Å². The second kappa shape index (κ2) is 8.32. The third-order valence-electron chi connectivity index (χ3n) is 4.22. The second-order valence-electron chi connectivity index (χ2n) is 6.68. The van der Waals surface area contributed by atoms with Crippen LogP contribution in [0.3, 0.4) is 0 Å². The molecule has 0 aliphatic rings. The summed E-state index contributed by atoms with van der Waals surface area (Å²) in [6.45, 7) is 3.65. The van der Waals surface area contributed by atoms with Crippen molar-refractivity contribution in [2.45, 2.75) is 31.2 Å². The van der Waals surface area contributed by atoms with Gasteiger partial charge in [0.2, 0.25) is 10.0 Å². The van der Waals surface area contributed by atoms with E-state index < -0.39 is 19.9 Å². The quantitative estimate of drug-likeness (QED) is 0.710. The number of anilines is 1. The number of nitrogens with one attached hydrogen (secondary N) is 2. The van der Waals surface area contributed by atoms with Gasteiger partial charge in [-0.05, 0) is 48.7 Å². The Bertz CT molecular complexity index is 1080. The lowest BCUT2D eigenvalue weighted by Gasteiger charge is -2.18. The maximum atomic E-state index is 12.7. The van der Waals surface area contributed by atoms with E-state index in [1.807, 2.05) is 6.92 Å². The zero-order chi connectivity index (χ0) is 21.1. The van der Waals surface area contributed by atoms with E-state index in [-0.39, 0.29) is 16.8 Å². The highest BCUT2D eigenvalue weighted by atomic mass is 32.2. The number of hydrogen-bond acceptors (Lipinski definition) is 5. The molecule has 0 radical (unpaired) electrons. The van der Waals surface area contributed by atoms with Crippen LogP contribution in [0.2, 0.25) is 0 Å². The van der Waals surface area contributed by atoms with Crippen LogP contribution in [-0.4, -0.2) is 35.3 Å². The summed E-state index contributed by atoms with van der Waals surface area (Å²) in [4.78, 5) is 12.9. The van der Waals surface area contributed by atoms with Gasteiger partial charge < -0.3 is 5.32 Å². The van der Waals surface area contributed by atoms with Crippen LogP contribution in [0.4, 0.5) is 5.69 Å². The molecule has 7 nitrogen and oxygen atoms in total. The lowest BCUT2D eigenvalue weighted by molar-refractivity contribution is 0.0935. The van der Waals surface area contributed by atoms with Gasteiger partial charge in [0.05, 0.1) is 22.9 Å². The fraction of sp³-hybridized carbons (Fsp3) is 0.316. The Labute approximate surface area is 166 Å². The van der Waals surface area contributed by atoms with Gasteiger partial charge in [-0.2, -0.15) is 0 Å². The first-order valence-corrected chi connectivity index (χ1v) is 12.4. The standard InChI is InChI=1S/C19H24N2O5S2/c1-5-17(14-8-10-16(11-9-14)27(3,23)24)20-19(22)15-7-6-13(2)18(12-15)21-28(4,25)26/h6-12,17,21H,5H2,1-4H3,(H,20,22)/t17-/m1/s1. The molecule has 9 heteroatoms. The van der Waals surface area contributed by atoms with Gasteiger partial charge in [-0.15, -0.1) is 0 Å². The largest absolute Gasteiger partial charge is 0.345 e. The van der Waals surface area contributed by atoms with Crippen LogP contribution in [0.1, 0.15) is 40.9 Å². The highest BCUT2D eigenvalue weighted by Gasteiger charge is 2.17. The van der Waals surface area contributed by atoms with Gasteiger partial charge in [0.25, 0.3) is 5.91 Å². The summed E-state index contributed by atoms with van der Waals surface area (Å²) in [7, 11) is -6.75. The highest BCUT2D eigenvalue weighted by molar-refractivity contribution is 7.92. The molecule has 2 N–H and O–H groups in total. The monoisotopic (exact) mass is 424 g/mol. The Balaban J connectivity index is 2.23. The molecule has 0 fully saturated rings. The van der Waals surface area contributed by atoms with Crippen molar-refractivity contribution in [3.05, 3.63) is 59.2 Å². The molecule has 0 bridgehead atoms. The summed E-state index contributed by atoms with van der Waals surface area (Å²) in [6.07, 6.45) is 2.79. The van der Waals surface area contributed by atoms with E-state index >= 15 is 0 Å². The number of aryl methyl sites for hydroxylation is 1. The molecule has 28 heavy (non-hydrogen) atoms. The molecule has 0 saturated heterocycles. The Morgan fingerprint density at radius 2 is 1.61 bits per heavy atom. The molecule has 2 rings (SSSR count). The van der Waals surface area contributed by atoms with Crippen LogP contribution in [0.15, 0.2) is 47.4 Å². The Morgan fingerprint density at radius 3 is 2.11 bits per heavy atom. The van der Waals surface area contributed by atoms with Crippen molar-refractivity contribution in [1.29, 1.82) is 0 Å². The van der Waals surface area contributed by atoms with E-state index in [9.17, 15) is 21.6 Å². The molecule has 1 amide bonds. The number of rotatable bonds is 7. The van der Waals surface area contributed by atoms with Gasteiger partial charge in [-0.3, -0.25) is 9.52 Å². The lowest BCUT2D eigenvalue weighted by Crippen LogP contribution is -2.28. The minimum Gasteiger partial charge on any atom is -0.345 e. The van der Waals surface area contributed by atoms with Gasteiger partial charge in [-0.25, -0.2) is 16.8 Å². The summed E-state index contributed by atoms with van der Waals surface area (Å²) in [6, 6.07) is 10.9. The fourth-order valence-corrected chi connectivity index (χ4v) is 3.93. The van der Waals surface area contributed by atoms with E-state index in [0.29, 0.717) is 23.2 Å². The molecular formula is C19H24N2O5S2. The van der Waals surface area contributed by atoms with E-state index in [4.69, 9.17) is 0 Å². The predicted octanol–water partition coefficient (Wildman–Crippen LogP) is 2.65. The topological polar surface area (TPSA) is 109 Å². The first kappa shape index (κ1) is 21.9. The Hall–Kier alpha value is -2.39. The number of carbonyl (C=O) groups excluding carboxylic acids is 1. The van der Waals surface area contributed by atoms with Gasteiger partial charge >= 0.3 is 0 Å². The van der Waals surface area contributed by atoms with Crippen molar-refractivity contribution < 1.29 is 21.6 Å². The minimum atomic E-state index is -3.46. The van der Waals surface area contributed by atoms with E-state index in [2.05, 4.69) is 10.0 Å². The number of sulfone groups is 1. The molecule has 1 atom stereocenters. The van der Waals surface area contributed by atoms with E-state index in [1.165, 1.54) is 18.2 Å². The number of amides is 1. The third kappa shape index (κ3) is 5.80. The van der Waals surface area contributed by atoms with Crippen LogP contribution < -0.4 is 10.0 Å². The molecule has 0 spiro atoms. The zero-order valence-electron chi connectivity index (χ0n) is 16.2. The van der Waals surface area contributed by atoms with Gasteiger partial charge in [0.15, 0.2) is 9.84 Å². The van der Waals surface area contributed by atoms with Crippen molar-refractivity contribution in [1.82, 2.24) is 5.32 Å². The first-order chi connectivity index (χ1) is 12.9. The smallest absolute Gasteiger partial charge is 0.251 e. The summed E-state index contributed by atoms with van der Waals surface area (Å²) in [5.74, 6) is -0.351. The Kier molecular flexibility index (Phi) is 6.51. The van der Waals surface area contributed by atoms with Crippen molar-refractivity contribution in [3.63, 3.8) is 0 Å². The Morgan fingerprint density at radius 1 is 1.00 bits per heavy atom. The fourth-order valence-electron chi connectivity index (χ4n) is 2.68. The maximum absolute atomic E-state index is 12.7. The second-order valence-corrected chi connectivity index (χ2v) is 10.4. The molecule has 0 aromatic heterocycles. The third-order valence-corrected chi connectivity index (χ3v) is 5.94. The molecule has 0 aliphatic heterocycles. The highest BCUT2D eigenvalue weighted by Crippen LogP contribution is 2.22. The van der Waals surface area contributed by atoms with Crippen molar-refractivity contribution >= 4 is 31.5 Å². The predicted molar refractivity (Wildman–Crippen MR) is 110 cm³/mol. The van der Waals surface area contributed by atoms with Crippen molar-refractivity contribution in [2.75, 3.05) is 17.2 Å². The van der Waals surface area contributed by atoms with Crippen LogP contribution in [-0.2, 0) is 19.9 Å². The van der Waals surface area contributed by atoms with Crippen LogP contribution >= 0.6 is 0 Å². The maximum Gasteiger partial charge on any atom is 0.251 e. The molecular weight excluding hydrogens is 400 g/mol. The number of hydrogen-bond donors (Lipinski definition) is 2. The van der Waals surface area contributed by atoms with E-state index in [0.717, 1.165) is 18.1 Å². The van der Waals surface area contributed by atoms with Crippen LogP contribution in [0.5, 0.6) is 0 Å². The molecule has 152 valence electrons. The number of sulfonamides is 1. The molecule has 0 heterocycles. The van der Waals surface area contributed by atoms with Gasteiger partial charge in [-0.1, -0.05) is 25.1 Å². The van der Waals surface area contributed by atoms with Crippen LogP contribution in [0.25, 0.3) is 0 Å². The molecule has 0 unspecified atom stereocenters. The van der Waals surface area contributed by atoms with Gasteiger partial charge in [0, 0.05) is 11.8 Å². The normalized spacial score (nSPS) is 13.0. The number of benzene rings is 2. The number of carbonyl (C=O) groups is 1. The van der Waals surface area contributed by atoms with E-state index in [1.54, 1.807) is 31.2 Å². The summed E-state index contributed by atoms with van der Waals surface area (Å²) < 4.78 is 48.5. The summed E-state index contributed by atoms with van der Waals surface area (Å²) in [5.41, 5.74) is 2.15. The SMILES string of the molecule is CC[C@@H](NC(=O)c1ccc(C)c(NS(C)(=O)=O)c1)c1ccc(S(C)(=O)=O)cc1. The molecule has 2 aromatic rings. The summed E-state index contributed by atoms with van der Waals surface area (Å²) in [5, 5.41) is 2.90. The van der Waals surface area contributed by atoms with Crippen molar-refractivity contribution in [2.24, 2.45) is 0 Å². The average Bonchev–Trinajstić information content (AvgIpc) is 2.59. The van der Waals surface area contributed by atoms with Gasteiger partial charge in [0.1, 0.15) is 0 Å². The summed E-state index contributed by atoms with van der Waals surface area (Å²) >= 11 is 0.